The third-order valence-electron chi connectivity index (χ3n) is 4.81. The monoisotopic (exact) mass is 323 g/mol. The Labute approximate surface area is 138 Å². The molecule has 0 aliphatic carbocycles. The van der Waals surface area contributed by atoms with Gasteiger partial charge in [0, 0.05) is 50.0 Å². The highest BCUT2D eigenvalue weighted by Crippen LogP contribution is 2.24. The Hall–Kier alpha value is -0.810. The number of aliphatic hydroxyl groups is 1. The van der Waals surface area contributed by atoms with E-state index in [-0.39, 0.29) is 0 Å². The molecule has 22 heavy (non-hydrogen) atoms. The van der Waals surface area contributed by atoms with Crippen LogP contribution in [-0.2, 0) is 0 Å². The fourth-order valence-electron chi connectivity index (χ4n) is 3.72. The second-order valence-electron chi connectivity index (χ2n) is 6.81. The Balaban J connectivity index is 1.53. The smallest absolute Gasteiger partial charge is 0.0900 e. The topological polar surface area (TPSA) is 30.0 Å². The second kappa shape index (κ2) is 6.75. The molecule has 0 saturated carbocycles. The SMILES string of the molecule is CN1CCC[C@](O)(CN2CCN(c3cccc(Cl)c3)CC2)C1. The second-order valence-corrected chi connectivity index (χ2v) is 7.25. The molecule has 0 aromatic heterocycles. The molecule has 1 N–H and O–H groups in total. The molecule has 0 unspecified atom stereocenters. The minimum Gasteiger partial charge on any atom is -0.387 e. The fourth-order valence-corrected chi connectivity index (χ4v) is 3.91. The van der Waals surface area contributed by atoms with E-state index in [1.54, 1.807) is 0 Å². The minimum atomic E-state index is -0.536. The first-order valence-electron chi connectivity index (χ1n) is 8.18. The Bertz CT molecular complexity index is 504. The van der Waals surface area contributed by atoms with E-state index in [0.29, 0.717) is 0 Å². The molecule has 1 atom stereocenters. The number of nitrogens with zero attached hydrogens (tertiary/aromatic N) is 3. The first kappa shape index (κ1) is 16.1. The van der Waals surface area contributed by atoms with E-state index in [0.717, 1.165) is 63.7 Å². The number of hydrogen-bond donors (Lipinski definition) is 1. The van der Waals surface area contributed by atoms with Gasteiger partial charge in [0.2, 0.25) is 0 Å². The van der Waals surface area contributed by atoms with Crippen molar-refractivity contribution >= 4 is 17.3 Å². The van der Waals surface area contributed by atoms with Crippen LogP contribution in [0.3, 0.4) is 0 Å². The summed E-state index contributed by atoms with van der Waals surface area (Å²) in [6.45, 7) is 6.67. The maximum atomic E-state index is 10.8. The summed E-state index contributed by atoms with van der Waals surface area (Å²) >= 11 is 6.08. The normalized spacial score (nSPS) is 28.0. The number of halogens is 1. The highest BCUT2D eigenvalue weighted by molar-refractivity contribution is 6.30. The van der Waals surface area contributed by atoms with Crippen LogP contribution in [0.15, 0.2) is 24.3 Å². The maximum Gasteiger partial charge on any atom is 0.0900 e. The summed E-state index contributed by atoms with van der Waals surface area (Å²) in [6, 6.07) is 8.06. The van der Waals surface area contributed by atoms with E-state index < -0.39 is 5.60 Å². The molecule has 1 aromatic rings. The molecule has 122 valence electrons. The summed E-state index contributed by atoms with van der Waals surface area (Å²) in [4.78, 5) is 7.02. The quantitative estimate of drug-likeness (QED) is 0.920. The number of benzene rings is 1. The lowest BCUT2D eigenvalue weighted by molar-refractivity contribution is -0.0478. The average molecular weight is 324 g/mol. The summed E-state index contributed by atoms with van der Waals surface area (Å²) < 4.78 is 0. The third kappa shape index (κ3) is 3.93. The van der Waals surface area contributed by atoms with Crippen molar-refractivity contribution in [2.24, 2.45) is 0 Å². The van der Waals surface area contributed by atoms with Crippen molar-refractivity contribution in [3.63, 3.8) is 0 Å². The zero-order valence-corrected chi connectivity index (χ0v) is 14.1. The zero-order valence-electron chi connectivity index (χ0n) is 13.3. The van der Waals surface area contributed by atoms with Crippen LogP contribution in [0.1, 0.15) is 12.8 Å². The fraction of sp³-hybridized carbons (Fsp3) is 0.647. The lowest BCUT2D eigenvalue weighted by Crippen LogP contribution is -2.56. The molecule has 0 spiro atoms. The molecule has 3 rings (SSSR count). The minimum absolute atomic E-state index is 0.536. The molecule has 0 radical (unpaired) electrons. The Morgan fingerprint density at radius 2 is 1.95 bits per heavy atom. The van der Waals surface area contributed by atoms with Gasteiger partial charge >= 0.3 is 0 Å². The number of piperazine rings is 1. The van der Waals surface area contributed by atoms with Gasteiger partial charge in [0.05, 0.1) is 5.60 Å². The van der Waals surface area contributed by atoms with Crippen molar-refractivity contribution in [1.82, 2.24) is 9.80 Å². The van der Waals surface area contributed by atoms with Crippen molar-refractivity contribution < 1.29 is 5.11 Å². The van der Waals surface area contributed by atoms with Crippen LogP contribution in [0.2, 0.25) is 5.02 Å². The largest absolute Gasteiger partial charge is 0.387 e. The van der Waals surface area contributed by atoms with E-state index in [1.807, 2.05) is 18.2 Å². The number of rotatable bonds is 3. The molecule has 0 amide bonds. The van der Waals surface area contributed by atoms with Gasteiger partial charge in [-0.05, 0) is 44.6 Å². The van der Waals surface area contributed by atoms with Gasteiger partial charge in [0.1, 0.15) is 0 Å². The summed E-state index contributed by atoms with van der Waals surface area (Å²) in [7, 11) is 2.10. The molecule has 2 heterocycles. The van der Waals surface area contributed by atoms with Gasteiger partial charge in [-0.3, -0.25) is 4.90 Å². The molecule has 1 aromatic carbocycles. The zero-order chi connectivity index (χ0) is 15.6. The summed E-state index contributed by atoms with van der Waals surface area (Å²) in [6.07, 6.45) is 2.02. The van der Waals surface area contributed by atoms with Crippen molar-refractivity contribution in [1.29, 1.82) is 0 Å². The van der Waals surface area contributed by atoms with Crippen LogP contribution in [0.4, 0.5) is 5.69 Å². The van der Waals surface area contributed by atoms with E-state index in [9.17, 15) is 5.11 Å². The van der Waals surface area contributed by atoms with Crippen LogP contribution >= 0.6 is 11.6 Å². The lowest BCUT2D eigenvalue weighted by atomic mass is 9.92. The molecule has 0 bridgehead atoms. The van der Waals surface area contributed by atoms with Gasteiger partial charge in [0.15, 0.2) is 0 Å². The Morgan fingerprint density at radius 3 is 2.64 bits per heavy atom. The summed E-state index contributed by atoms with van der Waals surface area (Å²) in [5.41, 5.74) is 0.661. The van der Waals surface area contributed by atoms with Crippen LogP contribution in [0.25, 0.3) is 0 Å². The number of anilines is 1. The number of likely N-dealkylation sites (tertiary alicyclic amines) is 1. The number of piperidine rings is 1. The highest BCUT2D eigenvalue weighted by atomic mass is 35.5. The van der Waals surface area contributed by atoms with Gasteiger partial charge in [-0.15, -0.1) is 0 Å². The molecular formula is C17H26ClN3O. The third-order valence-corrected chi connectivity index (χ3v) is 5.04. The number of hydrogen-bond acceptors (Lipinski definition) is 4. The van der Waals surface area contributed by atoms with Crippen LogP contribution in [0.5, 0.6) is 0 Å². The summed E-state index contributed by atoms with van der Waals surface area (Å²) in [5.74, 6) is 0. The molecular weight excluding hydrogens is 298 g/mol. The van der Waals surface area contributed by atoms with E-state index in [1.165, 1.54) is 5.69 Å². The molecule has 4 nitrogen and oxygen atoms in total. The van der Waals surface area contributed by atoms with Crippen molar-refractivity contribution in [2.75, 3.05) is 57.8 Å². The molecule has 2 fully saturated rings. The maximum absolute atomic E-state index is 10.8. The first-order valence-corrected chi connectivity index (χ1v) is 8.56. The number of likely N-dealkylation sites (N-methyl/N-ethyl adjacent to an activating group) is 1. The first-order chi connectivity index (χ1) is 10.5. The van der Waals surface area contributed by atoms with Crippen molar-refractivity contribution in [3.8, 4) is 0 Å². The van der Waals surface area contributed by atoms with Crippen molar-refractivity contribution in [2.45, 2.75) is 18.4 Å². The Kier molecular flexibility index (Phi) is 4.93. The van der Waals surface area contributed by atoms with Gasteiger partial charge in [0.25, 0.3) is 0 Å². The van der Waals surface area contributed by atoms with E-state index in [2.05, 4.69) is 27.8 Å². The number of β-amino-alcohol motifs (C(OH)–C–C–N with tert-alkyl or cyclic N) is 1. The van der Waals surface area contributed by atoms with Crippen LogP contribution in [-0.4, -0.2) is 73.4 Å². The molecule has 2 saturated heterocycles. The van der Waals surface area contributed by atoms with Gasteiger partial charge < -0.3 is 14.9 Å². The van der Waals surface area contributed by atoms with Crippen LogP contribution < -0.4 is 4.90 Å². The molecule has 2 aliphatic heterocycles. The van der Waals surface area contributed by atoms with Crippen LogP contribution in [0, 0.1) is 0 Å². The van der Waals surface area contributed by atoms with Gasteiger partial charge in [-0.2, -0.15) is 0 Å². The predicted molar refractivity (Wildman–Crippen MR) is 91.8 cm³/mol. The Morgan fingerprint density at radius 1 is 1.18 bits per heavy atom. The predicted octanol–water partition coefficient (Wildman–Crippen LogP) is 1.92. The highest BCUT2D eigenvalue weighted by Gasteiger charge is 2.34. The van der Waals surface area contributed by atoms with E-state index >= 15 is 0 Å². The van der Waals surface area contributed by atoms with Crippen molar-refractivity contribution in [3.05, 3.63) is 29.3 Å². The molecule has 2 aliphatic rings. The van der Waals surface area contributed by atoms with Gasteiger partial charge in [-0.25, -0.2) is 0 Å². The summed E-state index contributed by atoms with van der Waals surface area (Å²) in [5, 5.41) is 11.6. The molecule has 5 heteroatoms. The average Bonchev–Trinajstić information content (AvgIpc) is 2.47. The lowest BCUT2D eigenvalue weighted by Gasteiger charge is -2.43. The standard InChI is InChI=1S/C17H26ClN3O/c1-19-7-3-6-17(22,13-19)14-20-8-10-21(11-9-20)16-5-2-4-15(18)12-16/h2,4-5,12,22H,3,6-11,13-14H2,1H3/t17-/m1/s1. The van der Waals surface area contributed by atoms with Gasteiger partial charge in [-0.1, -0.05) is 17.7 Å². The van der Waals surface area contributed by atoms with E-state index in [4.69, 9.17) is 11.6 Å².